The second-order valence-electron chi connectivity index (χ2n) is 3.08. The lowest BCUT2D eigenvalue weighted by Gasteiger charge is -2.06. The summed E-state index contributed by atoms with van der Waals surface area (Å²) < 4.78 is 18.5. The van der Waals surface area contributed by atoms with Crippen LogP contribution in [-0.2, 0) is 0 Å². The Morgan fingerprint density at radius 1 is 1.35 bits per heavy atom. The third-order valence-electron chi connectivity index (χ3n) is 1.95. The van der Waals surface area contributed by atoms with E-state index in [2.05, 4.69) is 9.97 Å². The van der Waals surface area contributed by atoms with Gasteiger partial charge in [0.2, 0.25) is 11.8 Å². The summed E-state index contributed by atoms with van der Waals surface area (Å²) in [5, 5.41) is 8.80. The van der Waals surface area contributed by atoms with E-state index < -0.39 is 5.82 Å². The molecule has 2 aromatic rings. The van der Waals surface area contributed by atoms with Crippen molar-refractivity contribution in [3.63, 3.8) is 0 Å². The molecule has 0 bridgehead atoms. The molecule has 5 nitrogen and oxygen atoms in total. The van der Waals surface area contributed by atoms with Crippen molar-refractivity contribution >= 4 is 5.95 Å². The minimum Gasteiger partial charge on any atom is -0.437 e. The van der Waals surface area contributed by atoms with Gasteiger partial charge in [0.05, 0.1) is 0 Å². The molecule has 0 fully saturated rings. The van der Waals surface area contributed by atoms with Crippen LogP contribution < -0.4 is 10.5 Å². The topological polar surface area (TPSA) is 84.8 Å². The molecule has 0 aliphatic rings. The first kappa shape index (κ1) is 10.8. The minimum absolute atomic E-state index is 0.0393. The summed E-state index contributed by atoms with van der Waals surface area (Å²) in [6, 6.07) is 7.28. The van der Waals surface area contributed by atoms with Gasteiger partial charge in [-0.05, 0) is 12.1 Å². The van der Waals surface area contributed by atoms with Crippen LogP contribution in [0.15, 0.2) is 30.5 Å². The fourth-order valence-electron chi connectivity index (χ4n) is 1.22. The third kappa shape index (κ3) is 2.29. The highest BCUT2D eigenvalue weighted by Crippen LogP contribution is 2.25. The van der Waals surface area contributed by atoms with E-state index in [9.17, 15) is 4.39 Å². The van der Waals surface area contributed by atoms with Crippen molar-refractivity contribution in [3.05, 3.63) is 41.8 Å². The fraction of sp³-hybridized carbons (Fsp3) is 0. The van der Waals surface area contributed by atoms with Gasteiger partial charge in [0, 0.05) is 12.3 Å². The number of nitrogens with zero attached hydrogens (tertiary/aromatic N) is 3. The van der Waals surface area contributed by atoms with Gasteiger partial charge < -0.3 is 10.5 Å². The Hall–Kier alpha value is -2.68. The molecule has 0 saturated carbocycles. The average molecular weight is 230 g/mol. The Balaban J connectivity index is 2.37. The molecule has 0 atom stereocenters. The summed E-state index contributed by atoms with van der Waals surface area (Å²) in [5.74, 6) is -0.366. The Bertz CT molecular complexity index is 594. The Kier molecular flexibility index (Phi) is 2.83. The molecule has 0 aliphatic heterocycles. The largest absolute Gasteiger partial charge is 0.437 e. The van der Waals surface area contributed by atoms with Crippen LogP contribution in [0, 0.1) is 17.1 Å². The number of aromatic nitrogens is 2. The molecule has 0 radical (unpaired) electrons. The molecule has 0 amide bonds. The van der Waals surface area contributed by atoms with Crippen molar-refractivity contribution in [2.24, 2.45) is 0 Å². The molecule has 6 heteroatoms. The number of rotatable bonds is 2. The number of nitrogen functional groups attached to an aromatic ring is 1. The highest BCUT2D eigenvalue weighted by molar-refractivity contribution is 5.45. The van der Waals surface area contributed by atoms with E-state index in [1.165, 1.54) is 30.5 Å². The van der Waals surface area contributed by atoms with E-state index in [0.29, 0.717) is 0 Å². The number of benzene rings is 1. The maximum absolute atomic E-state index is 13.3. The van der Waals surface area contributed by atoms with E-state index in [-0.39, 0.29) is 23.1 Å². The number of anilines is 1. The van der Waals surface area contributed by atoms with Gasteiger partial charge in [-0.2, -0.15) is 10.2 Å². The third-order valence-corrected chi connectivity index (χ3v) is 1.95. The lowest BCUT2D eigenvalue weighted by Crippen LogP contribution is -1.97. The molecule has 2 N–H and O–H groups in total. The van der Waals surface area contributed by atoms with Gasteiger partial charge in [0.1, 0.15) is 23.2 Å². The van der Waals surface area contributed by atoms with Gasteiger partial charge in [0.25, 0.3) is 0 Å². The smallest absolute Gasteiger partial charge is 0.224 e. The highest BCUT2D eigenvalue weighted by Gasteiger charge is 2.10. The van der Waals surface area contributed by atoms with Crippen LogP contribution in [0.5, 0.6) is 11.6 Å². The van der Waals surface area contributed by atoms with E-state index in [4.69, 9.17) is 15.7 Å². The number of halogens is 1. The molecule has 0 saturated heterocycles. The lowest BCUT2D eigenvalue weighted by molar-refractivity contribution is 0.456. The van der Waals surface area contributed by atoms with Crippen molar-refractivity contribution in [1.82, 2.24) is 9.97 Å². The Morgan fingerprint density at radius 2 is 2.18 bits per heavy atom. The number of hydrogen-bond acceptors (Lipinski definition) is 5. The SMILES string of the molecule is N#Cc1c(F)cccc1Oc1ccnc(N)n1. The zero-order chi connectivity index (χ0) is 12.3. The molecular formula is C11H7FN4O. The van der Waals surface area contributed by atoms with Gasteiger partial charge in [-0.25, -0.2) is 9.37 Å². The van der Waals surface area contributed by atoms with E-state index in [1.54, 1.807) is 6.07 Å². The number of hydrogen-bond donors (Lipinski definition) is 1. The van der Waals surface area contributed by atoms with E-state index in [0.717, 1.165) is 0 Å². The van der Waals surface area contributed by atoms with Crippen molar-refractivity contribution in [2.75, 3.05) is 5.73 Å². The van der Waals surface area contributed by atoms with Crippen LogP contribution >= 0.6 is 0 Å². The van der Waals surface area contributed by atoms with Gasteiger partial charge in [-0.15, -0.1) is 0 Å². The Labute approximate surface area is 96.3 Å². The quantitative estimate of drug-likeness (QED) is 0.851. The van der Waals surface area contributed by atoms with Gasteiger partial charge in [-0.3, -0.25) is 0 Å². The molecule has 17 heavy (non-hydrogen) atoms. The minimum atomic E-state index is -0.646. The zero-order valence-electron chi connectivity index (χ0n) is 8.59. The predicted molar refractivity (Wildman–Crippen MR) is 57.6 cm³/mol. The molecular weight excluding hydrogens is 223 g/mol. The maximum Gasteiger partial charge on any atom is 0.224 e. The maximum atomic E-state index is 13.3. The van der Waals surface area contributed by atoms with Crippen LogP contribution in [0.25, 0.3) is 0 Å². The van der Waals surface area contributed by atoms with Crippen LogP contribution in [-0.4, -0.2) is 9.97 Å². The van der Waals surface area contributed by atoms with Crippen molar-refractivity contribution in [2.45, 2.75) is 0 Å². The first-order chi connectivity index (χ1) is 8.20. The van der Waals surface area contributed by atoms with Crippen molar-refractivity contribution in [1.29, 1.82) is 5.26 Å². The normalized spacial score (nSPS) is 9.65. The number of ether oxygens (including phenoxy) is 1. The fourth-order valence-corrected chi connectivity index (χ4v) is 1.22. The molecule has 0 spiro atoms. The Morgan fingerprint density at radius 3 is 2.88 bits per heavy atom. The van der Waals surface area contributed by atoms with Crippen LogP contribution in [0.3, 0.4) is 0 Å². The first-order valence-corrected chi connectivity index (χ1v) is 4.65. The van der Waals surface area contributed by atoms with Crippen molar-refractivity contribution < 1.29 is 9.13 Å². The molecule has 84 valence electrons. The lowest BCUT2D eigenvalue weighted by atomic mass is 10.2. The first-order valence-electron chi connectivity index (χ1n) is 4.65. The molecule has 0 unspecified atom stereocenters. The molecule has 2 rings (SSSR count). The predicted octanol–water partition coefficient (Wildman–Crippen LogP) is 1.86. The summed E-state index contributed by atoms with van der Waals surface area (Å²) >= 11 is 0. The summed E-state index contributed by atoms with van der Waals surface area (Å²) in [6.07, 6.45) is 1.41. The molecule has 1 aromatic carbocycles. The highest BCUT2D eigenvalue weighted by atomic mass is 19.1. The number of nitrogens with two attached hydrogens (primary N) is 1. The second-order valence-corrected chi connectivity index (χ2v) is 3.08. The van der Waals surface area contributed by atoms with E-state index in [1.807, 2.05) is 0 Å². The van der Waals surface area contributed by atoms with Crippen molar-refractivity contribution in [3.8, 4) is 17.7 Å². The average Bonchev–Trinajstić information content (AvgIpc) is 2.29. The molecule has 0 aliphatic carbocycles. The monoisotopic (exact) mass is 230 g/mol. The number of nitriles is 1. The van der Waals surface area contributed by atoms with Crippen LogP contribution in [0.1, 0.15) is 5.56 Å². The molecule has 1 heterocycles. The van der Waals surface area contributed by atoms with Gasteiger partial charge in [0.15, 0.2) is 0 Å². The summed E-state index contributed by atoms with van der Waals surface area (Å²) in [4.78, 5) is 7.48. The zero-order valence-corrected chi connectivity index (χ0v) is 8.59. The molecule has 1 aromatic heterocycles. The summed E-state index contributed by atoms with van der Waals surface area (Å²) in [5.41, 5.74) is 5.20. The van der Waals surface area contributed by atoms with Gasteiger partial charge in [-0.1, -0.05) is 6.07 Å². The summed E-state index contributed by atoms with van der Waals surface area (Å²) in [6.45, 7) is 0. The van der Waals surface area contributed by atoms with Crippen LogP contribution in [0.2, 0.25) is 0 Å². The van der Waals surface area contributed by atoms with Gasteiger partial charge >= 0.3 is 0 Å². The summed E-state index contributed by atoms with van der Waals surface area (Å²) in [7, 11) is 0. The van der Waals surface area contributed by atoms with E-state index >= 15 is 0 Å². The van der Waals surface area contributed by atoms with Crippen LogP contribution in [0.4, 0.5) is 10.3 Å². The standard InChI is InChI=1S/C11H7FN4O/c12-8-2-1-3-9(7(8)6-13)17-10-4-5-15-11(14)16-10/h1-5H,(H2,14,15,16). The second kappa shape index (κ2) is 4.45.